The third-order valence-corrected chi connectivity index (χ3v) is 2.38. The minimum Gasteiger partial charge on any atom is -0.508 e. The molecule has 0 heterocycles. The van der Waals surface area contributed by atoms with Crippen LogP contribution in [0.1, 0.15) is 5.56 Å². The smallest absolute Gasteiger partial charge is 0.269 e. The van der Waals surface area contributed by atoms with E-state index in [-0.39, 0.29) is 11.4 Å². The molecule has 0 radical (unpaired) electrons. The summed E-state index contributed by atoms with van der Waals surface area (Å²) >= 11 is 0. The van der Waals surface area contributed by atoms with Crippen molar-refractivity contribution in [2.24, 2.45) is 5.10 Å². The topological polar surface area (TPSA) is 87.8 Å². The molecule has 0 unspecified atom stereocenters. The van der Waals surface area contributed by atoms with E-state index in [1.807, 2.05) is 0 Å². The first kappa shape index (κ1) is 12.6. The lowest BCUT2D eigenvalue weighted by Crippen LogP contribution is -1.91. The largest absolute Gasteiger partial charge is 0.508 e. The molecule has 2 N–H and O–H groups in total. The molecule has 0 atom stereocenters. The van der Waals surface area contributed by atoms with E-state index in [1.165, 1.54) is 12.1 Å². The van der Waals surface area contributed by atoms with E-state index in [2.05, 4.69) is 10.5 Å². The SMILES string of the molecule is O=[N+]([O-])c1ccc(C=NNc2ccc(O)cc2)cc1. The molecule has 19 heavy (non-hydrogen) atoms. The number of phenols is 1. The summed E-state index contributed by atoms with van der Waals surface area (Å²) in [6.07, 6.45) is 1.55. The Kier molecular flexibility index (Phi) is 3.72. The number of anilines is 1. The van der Waals surface area contributed by atoms with Crippen LogP contribution in [0, 0.1) is 10.1 Å². The van der Waals surface area contributed by atoms with Crippen LogP contribution >= 0.6 is 0 Å². The van der Waals surface area contributed by atoms with Crippen LogP contribution in [0.3, 0.4) is 0 Å². The number of hydrogen-bond acceptors (Lipinski definition) is 5. The fraction of sp³-hybridized carbons (Fsp3) is 0. The van der Waals surface area contributed by atoms with Crippen LogP contribution in [0.4, 0.5) is 11.4 Å². The van der Waals surface area contributed by atoms with Gasteiger partial charge in [-0.25, -0.2) is 0 Å². The first-order chi connectivity index (χ1) is 9.15. The van der Waals surface area contributed by atoms with E-state index in [1.54, 1.807) is 42.6 Å². The zero-order valence-electron chi connectivity index (χ0n) is 9.85. The number of hydrogen-bond donors (Lipinski definition) is 2. The van der Waals surface area contributed by atoms with Crippen molar-refractivity contribution in [3.8, 4) is 5.75 Å². The molecule has 0 fully saturated rings. The number of rotatable bonds is 4. The Morgan fingerprint density at radius 2 is 1.74 bits per heavy atom. The van der Waals surface area contributed by atoms with Crippen molar-refractivity contribution < 1.29 is 10.0 Å². The van der Waals surface area contributed by atoms with Crippen molar-refractivity contribution >= 4 is 17.6 Å². The number of benzene rings is 2. The summed E-state index contributed by atoms with van der Waals surface area (Å²) in [5, 5.41) is 23.6. The highest BCUT2D eigenvalue weighted by Crippen LogP contribution is 2.14. The van der Waals surface area contributed by atoms with Crippen LogP contribution in [0.5, 0.6) is 5.75 Å². The van der Waals surface area contributed by atoms with Crippen LogP contribution in [-0.2, 0) is 0 Å². The van der Waals surface area contributed by atoms with Crippen molar-refractivity contribution in [1.82, 2.24) is 0 Å². The van der Waals surface area contributed by atoms with Gasteiger partial charge in [0, 0.05) is 12.1 Å². The van der Waals surface area contributed by atoms with E-state index in [0.29, 0.717) is 0 Å². The van der Waals surface area contributed by atoms with Crippen molar-refractivity contribution in [3.05, 3.63) is 64.2 Å². The average Bonchev–Trinajstić information content (AvgIpc) is 2.41. The molecule has 2 aromatic carbocycles. The second kappa shape index (κ2) is 5.63. The normalized spacial score (nSPS) is 10.5. The quantitative estimate of drug-likeness (QED) is 0.381. The van der Waals surface area contributed by atoms with E-state index in [9.17, 15) is 10.1 Å². The molecular formula is C13H11N3O3. The molecule has 0 aliphatic rings. The maximum absolute atomic E-state index is 10.5. The number of hydrazone groups is 1. The van der Waals surface area contributed by atoms with Crippen LogP contribution < -0.4 is 5.43 Å². The zero-order chi connectivity index (χ0) is 13.7. The summed E-state index contributed by atoms with van der Waals surface area (Å²) in [5.74, 6) is 0.185. The van der Waals surface area contributed by atoms with Crippen molar-refractivity contribution in [2.75, 3.05) is 5.43 Å². The minimum absolute atomic E-state index is 0.0450. The first-order valence-corrected chi connectivity index (χ1v) is 5.48. The zero-order valence-corrected chi connectivity index (χ0v) is 9.85. The van der Waals surface area contributed by atoms with Crippen LogP contribution in [0.25, 0.3) is 0 Å². The molecule has 0 bridgehead atoms. The third kappa shape index (κ3) is 3.53. The second-order valence-electron chi connectivity index (χ2n) is 3.77. The van der Waals surface area contributed by atoms with Gasteiger partial charge in [0.1, 0.15) is 5.75 Å². The highest BCUT2D eigenvalue weighted by atomic mass is 16.6. The predicted molar refractivity (Wildman–Crippen MR) is 72.4 cm³/mol. The molecule has 0 aromatic heterocycles. The first-order valence-electron chi connectivity index (χ1n) is 5.48. The molecule has 96 valence electrons. The highest BCUT2D eigenvalue weighted by molar-refractivity contribution is 5.80. The Bertz CT molecular complexity index is 592. The number of phenolic OH excluding ortho intramolecular Hbond substituents is 1. The van der Waals surface area contributed by atoms with Gasteiger partial charge in [-0.1, -0.05) is 0 Å². The molecule has 0 amide bonds. The van der Waals surface area contributed by atoms with E-state index in [0.717, 1.165) is 11.3 Å². The Balaban J connectivity index is 1.98. The molecule has 2 aromatic rings. The van der Waals surface area contributed by atoms with Gasteiger partial charge in [0.2, 0.25) is 0 Å². The van der Waals surface area contributed by atoms with Crippen LogP contribution in [-0.4, -0.2) is 16.2 Å². The minimum atomic E-state index is -0.449. The molecule has 0 spiro atoms. The number of nitrogens with zero attached hydrogens (tertiary/aromatic N) is 2. The maximum atomic E-state index is 10.5. The molecule has 0 aliphatic carbocycles. The fourth-order valence-corrected chi connectivity index (χ4v) is 1.40. The summed E-state index contributed by atoms with van der Waals surface area (Å²) in [4.78, 5) is 10.0. The summed E-state index contributed by atoms with van der Waals surface area (Å²) in [6.45, 7) is 0. The van der Waals surface area contributed by atoms with Gasteiger partial charge >= 0.3 is 0 Å². The lowest BCUT2D eigenvalue weighted by atomic mass is 10.2. The van der Waals surface area contributed by atoms with Crippen LogP contribution in [0.15, 0.2) is 53.6 Å². The van der Waals surface area contributed by atoms with Gasteiger partial charge in [-0.15, -0.1) is 0 Å². The van der Waals surface area contributed by atoms with Gasteiger partial charge in [-0.3, -0.25) is 15.5 Å². The van der Waals surface area contributed by atoms with Gasteiger partial charge in [0.05, 0.1) is 16.8 Å². The number of nitrogens with one attached hydrogen (secondary N) is 1. The van der Waals surface area contributed by atoms with E-state index >= 15 is 0 Å². The Morgan fingerprint density at radius 1 is 1.11 bits per heavy atom. The monoisotopic (exact) mass is 257 g/mol. The Labute approximate surface area is 109 Å². The lowest BCUT2D eigenvalue weighted by Gasteiger charge is -1.99. The number of non-ortho nitro benzene ring substituents is 1. The van der Waals surface area contributed by atoms with Crippen molar-refractivity contribution in [1.29, 1.82) is 0 Å². The van der Waals surface area contributed by atoms with E-state index in [4.69, 9.17) is 5.11 Å². The highest BCUT2D eigenvalue weighted by Gasteiger charge is 2.02. The van der Waals surface area contributed by atoms with Gasteiger partial charge in [-0.2, -0.15) is 5.10 Å². The third-order valence-electron chi connectivity index (χ3n) is 2.38. The Morgan fingerprint density at radius 3 is 2.32 bits per heavy atom. The fourth-order valence-electron chi connectivity index (χ4n) is 1.40. The lowest BCUT2D eigenvalue weighted by molar-refractivity contribution is -0.384. The maximum Gasteiger partial charge on any atom is 0.269 e. The summed E-state index contributed by atoms with van der Waals surface area (Å²) in [5.41, 5.74) is 4.31. The van der Waals surface area contributed by atoms with Crippen molar-refractivity contribution in [2.45, 2.75) is 0 Å². The number of nitro benzene ring substituents is 1. The Hall–Kier alpha value is -2.89. The summed E-state index contributed by atoms with van der Waals surface area (Å²) < 4.78 is 0. The van der Waals surface area contributed by atoms with Gasteiger partial charge in [0.25, 0.3) is 5.69 Å². The number of nitro groups is 1. The molecule has 0 saturated heterocycles. The second-order valence-corrected chi connectivity index (χ2v) is 3.77. The molecule has 0 saturated carbocycles. The molecule has 6 nitrogen and oxygen atoms in total. The molecular weight excluding hydrogens is 246 g/mol. The average molecular weight is 257 g/mol. The standard InChI is InChI=1S/C13H11N3O3/c17-13-7-3-11(4-8-13)15-14-9-10-1-5-12(6-2-10)16(18)19/h1-9,15,17H. The van der Waals surface area contributed by atoms with Crippen LogP contribution in [0.2, 0.25) is 0 Å². The van der Waals surface area contributed by atoms with Gasteiger partial charge < -0.3 is 5.11 Å². The van der Waals surface area contributed by atoms with Crippen molar-refractivity contribution in [3.63, 3.8) is 0 Å². The molecule has 2 rings (SSSR count). The number of aromatic hydroxyl groups is 1. The predicted octanol–water partition coefficient (Wildman–Crippen LogP) is 2.75. The summed E-state index contributed by atoms with van der Waals surface area (Å²) in [7, 11) is 0. The summed E-state index contributed by atoms with van der Waals surface area (Å²) in [6, 6.07) is 12.5. The van der Waals surface area contributed by atoms with E-state index < -0.39 is 4.92 Å². The van der Waals surface area contributed by atoms with Gasteiger partial charge in [-0.05, 0) is 42.0 Å². The van der Waals surface area contributed by atoms with Gasteiger partial charge in [0.15, 0.2) is 0 Å². The molecule has 6 heteroatoms. The molecule has 0 aliphatic heterocycles.